The van der Waals surface area contributed by atoms with Gasteiger partial charge in [-0.2, -0.15) is 0 Å². The minimum absolute atomic E-state index is 0.00530. The number of ketones is 4. The second-order valence-corrected chi connectivity index (χ2v) is 10.8. The summed E-state index contributed by atoms with van der Waals surface area (Å²) in [7, 11) is 0. The lowest BCUT2D eigenvalue weighted by Crippen LogP contribution is -2.37. The van der Waals surface area contributed by atoms with Crippen LogP contribution in [0.3, 0.4) is 0 Å². The molecule has 0 saturated heterocycles. The number of Topliss-reactive ketones (excluding diaryl/α,β-unsaturated/α-hetero) is 4. The van der Waals surface area contributed by atoms with Gasteiger partial charge in [0.15, 0.2) is 17.3 Å². The van der Waals surface area contributed by atoms with Crippen molar-refractivity contribution in [1.29, 1.82) is 0 Å². The summed E-state index contributed by atoms with van der Waals surface area (Å²) in [6.07, 6.45) is 2.74. The number of nitrogens with zero attached hydrogens (tertiary/aromatic N) is 1. The first-order valence-electron chi connectivity index (χ1n) is 15.0. The molecule has 0 saturated carbocycles. The number of carbonyl (C=O) groups excluding carboxylic acids is 4. The fourth-order valence-electron chi connectivity index (χ4n) is 3.36. The van der Waals surface area contributed by atoms with E-state index in [0.717, 1.165) is 0 Å². The monoisotopic (exact) mass is 599 g/mol. The number of hydrogen-bond donors (Lipinski definition) is 0. The summed E-state index contributed by atoms with van der Waals surface area (Å²) in [4.78, 5) is 50.9. The molecule has 0 aliphatic rings. The zero-order chi connectivity index (χ0) is 31.6. The predicted molar refractivity (Wildman–Crippen MR) is 157 cm³/mol. The van der Waals surface area contributed by atoms with Crippen LogP contribution in [0.5, 0.6) is 0 Å². The number of carbonyl (C=O) groups is 4. The third-order valence-electron chi connectivity index (χ3n) is 6.63. The van der Waals surface area contributed by atoms with Crippen molar-refractivity contribution in [3.63, 3.8) is 0 Å². The molecular formula is C31H53NO10. The van der Waals surface area contributed by atoms with Crippen LogP contribution in [0.2, 0.25) is 0 Å². The molecule has 0 aliphatic carbocycles. The molecule has 0 fully saturated rings. The Bertz CT molecular complexity index is 808. The van der Waals surface area contributed by atoms with Crippen molar-refractivity contribution in [3.8, 4) is 0 Å². The first-order valence-corrected chi connectivity index (χ1v) is 15.0. The van der Waals surface area contributed by atoms with Gasteiger partial charge >= 0.3 is 0 Å². The average Bonchev–Trinajstić information content (AvgIpc) is 2.96. The van der Waals surface area contributed by atoms with Gasteiger partial charge in [0.05, 0.1) is 39.6 Å². The van der Waals surface area contributed by atoms with Crippen molar-refractivity contribution < 1.29 is 47.6 Å². The van der Waals surface area contributed by atoms with E-state index in [2.05, 4.69) is 4.85 Å². The lowest BCUT2D eigenvalue weighted by atomic mass is 9.83. The normalized spacial score (nSPS) is 12.8. The Morgan fingerprint density at radius 1 is 0.595 bits per heavy atom. The van der Waals surface area contributed by atoms with Gasteiger partial charge in [-0.3, -0.25) is 19.2 Å². The summed E-state index contributed by atoms with van der Waals surface area (Å²) in [5, 5.41) is 0. The van der Waals surface area contributed by atoms with E-state index in [1.807, 2.05) is 27.7 Å². The summed E-state index contributed by atoms with van der Waals surface area (Å²) >= 11 is 0. The Hall–Kier alpha value is -2.07. The molecule has 0 aromatic carbocycles. The topological polar surface area (TPSA) is 128 Å². The molecule has 0 heterocycles. The van der Waals surface area contributed by atoms with Gasteiger partial charge in [-0.05, 0) is 19.3 Å². The van der Waals surface area contributed by atoms with Crippen LogP contribution < -0.4 is 0 Å². The molecule has 11 nitrogen and oxygen atoms in total. The van der Waals surface area contributed by atoms with Gasteiger partial charge in [0.2, 0.25) is 5.78 Å². The number of hydrogen-bond acceptors (Lipinski definition) is 10. The lowest BCUT2D eigenvalue weighted by Gasteiger charge is -2.19. The molecule has 42 heavy (non-hydrogen) atoms. The van der Waals surface area contributed by atoms with Crippen LogP contribution in [0.15, 0.2) is 0 Å². The van der Waals surface area contributed by atoms with Gasteiger partial charge in [-0.25, -0.2) is 6.57 Å². The molecule has 0 N–H and O–H groups in total. The fraction of sp³-hybridized carbons (Fsp3) is 0.839. The summed E-state index contributed by atoms with van der Waals surface area (Å²) in [6, 6.07) is 0. The molecule has 0 bridgehead atoms. The molecular weight excluding hydrogens is 546 g/mol. The van der Waals surface area contributed by atoms with Crippen molar-refractivity contribution >= 4 is 23.1 Å². The Morgan fingerprint density at radius 2 is 0.976 bits per heavy atom. The first kappa shape index (κ1) is 39.9. The number of rotatable bonds is 30. The van der Waals surface area contributed by atoms with E-state index in [1.165, 1.54) is 0 Å². The standard InChI is InChI=1S/C31H53NO10/c1-25(2)29(35)24-42-21-18-38-14-8-11-28(34)22-40-19-16-37-13-7-10-27(33)23-41-20-17-39-15-9-12-30(36)31(5,32-6)26(3)4/h25-26H,7-24H2,1-5H3. The zero-order valence-corrected chi connectivity index (χ0v) is 26.4. The lowest BCUT2D eigenvalue weighted by molar-refractivity contribution is -0.127. The van der Waals surface area contributed by atoms with Crippen LogP contribution in [-0.2, 0) is 47.6 Å². The van der Waals surface area contributed by atoms with E-state index >= 15 is 0 Å². The molecule has 0 amide bonds. The summed E-state index contributed by atoms with van der Waals surface area (Å²) in [5.74, 6) is -0.0875. The zero-order valence-electron chi connectivity index (χ0n) is 26.4. The SMILES string of the molecule is [C-]#[N+]C(C)(C(=O)CCCOCCOCC(=O)CCCOCCOCC(=O)CCCOCCOCC(=O)C(C)C)C(C)C. The van der Waals surface area contributed by atoms with Gasteiger partial charge in [0.25, 0.3) is 5.54 Å². The minimum atomic E-state index is -0.977. The van der Waals surface area contributed by atoms with E-state index in [9.17, 15) is 19.2 Å². The maximum Gasteiger partial charge on any atom is 0.289 e. The smallest absolute Gasteiger partial charge is 0.289 e. The van der Waals surface area contributed by atoms with E-state index < -0.39 is 5.54 Å². The van der Waals surface area contributed by atoms with Crippen molar-refractivity contribution in [2.24, 2.45) is 11.8 Å². The number of ether oxygens (including phenoxy) is 6. The Morgan fingerprint density at radius 3 is 1.36 bits per heavy atom. The molecule has 0 aromatic heterocycles. The third-order valence-corrected chi connectivity index (χ3v) is 6.63. The van der Waals surface area contributed by atoms with Crippen molar-refractivity contribution in [2.75, 3.05) is 79.3 Å². The van der Waals surface area contributed by atoms with Crippen molar-refractivity contribution in [2.45, 2.75) is 78.7 Å². The highest BCUT2D eigenvalue weighted by Crippen LogP contribution is 2.24. The maximum absolute atomic E-state index is 12.3. The quantitative estimate of drug-likeness (QED) is 0.0891. The van der Waals surface area contributed by atoms with Gasteiger partial charge in [0.1, 0.15) is 19.8 Å². The second kappa shape index (κ2) is 25.4. The Balaban J connectivity index is 3.48. The fourth-order valence-corrected chi connectivity index (χ4v) is 3.36. The molecule has 242 valence electrons. The van der Waals surface area contributed by atoms with Crippen LogP contribution in [0.1, 0.15) is 73.1 Å². The van der Waals surface area contributed by atoms with Gasteiger partial charge in [-0.15, -0.1) is 0 Å². The van der Waals surface area contributed by atoms with E-state index in [-0.39, 0.29) is 54.8 Å². The molecule has 0 radical (unpaired) electrons. The van der Waals surface area contributed by atoms with Crippen molar-refractivity contribution in [1.82, 2.24) is 0 Å². The predicted octanol–water partition coefficient (Wildman–Crippen LogP) is 3.69. The van der Waals surface area contributed by atoms with Gasteiger partial charge < -0.3 is 33.3 Å². The van der Waals surface area contributed by atoms with E-state index in [1.54, 1.807) is 6.92 Å². The highest BCUT2D eigenvalue weighted by Gasteiger charge is 2.42. The van der Waals surface area contributed by atoms with Crippen molar-refractivity contribution in [3.05, 3.63) is 11.4 Å². The highest BCUT2D eigenvalue weighted by molar-refractivity contribution is 5.90. The third kappa shape index (κ3) is 20.8. The first-order chi connectivity index (χ1) is 20.0. The Labute approximate surface area is 252 Å². The molecule has 1 unspecified atom stereocenters. The molecule has 0 aromatic rings. The highest BCUT2D eigenvalue weighted by atomic mass is 16.5. The van der Waals surface area contributed by atoms with Crippen LogP contribution in [-0.4, -0.2) is 108 Å². The van der Waals surface area contributed by atoms with E-state index in [4.69, 9.17) is 35.0 Å². The van der Waals surface area contributed by atoms with Crippen LogP contribution in [0.4, 0.5) is 0 Å². The Kier molecular flexibility index (Phi) is 24.2. The second-order valence-electron chi connectivity index (χ2n) is 10.8. The average molecular weight is 600 g/mol. The summed E-state index contributed by atoms with van der Waals surface area (Å²) in [5.41, 5.74) is -0.977. The van der Waals surface area contributed by atoms with Gasteiger partial charge in [-0.1, -0.05) is 27.7 Å². The maximum atomic E-state index is 12.3. The van der Waals surface area contributed by atoms with Crippen LogP contribution in [0.25, 0.3) is 4.85 Å². The molecule has 0 aliphatic heterocycles. The molecule has 1 atom stereocenters. The van der Waals surface area contributed by atoms with Gasteiger partial charge in [0, 0.05) is 57.8 Å². The van der Waals surface area contributed by atoms with Crippen LogP contribution >= 0.6 is 0 Å². The van der Waals surface area contributed by atoms with Crippen LogP contribution in [0, 0.1) is 18.4 Å². The summed E-state index contributed by atoms with van der Waals surface area (Å²) in [6.45, 7) is 19.8. The molecule has 0 spiro atoms. The molecule has 11 heteroatoms. The largest absolute Gasteiger partial charge is 0.379 e. The van der Waals surface area contributed by atoms with E-state index in [0.29, 0.717) is 98.0 Å². The molecule has 0 rings (SSSR count). The summed E-state index contributed by atoms with van der Waals surface area (Å²) < 4.78 is 32.2. The minimum Gasteiger partial charge on any atom is -0.379 e.